The minimum absolute atomic E-state index is 0.181. The maximum Gasteiger partial charge on any atom is 0.187 e. The summed E-state index contributed by atoms with van der Waals surface area (Å²) < 4.78 is 44.4. The summed E-state index contributed by atoms with van der Waals surface area (Å²) >= 11 is 0. The van der Waals surface area contributed by atoms with E-state index in [4.69, 9.17) is 43.6 Å². The molecule has 0 saturated carbocycles. The Morgan fingerprint density at radius 1 is 0.385 bits per heavy atom. The summed E-state index contributed by atoms with van der Waals surface area (Å²) in [5, 5.41) is 135. The molecule has 22 nitrogen and oxygen atoms in total. The molecule has 0 radical (unpaired) electrons. The van der Waals surface area contributed by atoms with Crippen LogP contribution < -0.4 is 5.73 Å². The van der Waals surface area contributed by atoms with Gasteiger partial charge in [0, 0.05) is 6.61 Å². The van der Waals surface area contributed by atoms with E-state index in [2.05, 4.69) is 0 Å². The van der Waals surface area contributed by atoms with E-state index in [1.165, 1.54) is 0 Å². The van der Waals surface area contributed by atoms with Gasteiger partial charge < -0.3 is 110 Å². The molecule has 52 heavy (non-hydrogen) atoms. The van der Waals surface area contributed by atoms with Crippen LogP contribution in [-0.2, 0) is 37.9 Å². The number of nitrogens with two attached hydrogens (primary N) is 1. The Hall–Kier alpha value is -0.880. The molecule has 8 unspecified atom stereocenters. The van der Waals surface area contributed by atoms with Crippen molar-refractivity contribution in [2.24, 2.45) is 5.73 Å². The van der Waals surface area contributed by atoms with Gasteiger partial charge in [0.05, 0.1) is 26.4 Å². The van der Waals surface area contributed by atoms with Crippen molar-refractivity contribution in [3.05, 3.63) is 0 Å². The third-order valence-electron chi connectivity index (χ3n) is 9.56. The third-order valence-corrected chi connectivity index (χ3v) is 9.56. The van der Waals surface area contributed by atoms with Gasteiger partial charge in [-0.05, 0) is 19.4 Å². The molecule has 15 N–H and O–H groups in total. The molecular formula is C30H55NO21. The minimum Gasteiger partial charge on any atom is -0.394 e. The highest BCUT2D eigenvalue weighted by molar-refractivity contribution is 4.97. The van der Waals surface area contributed by atoms with Crippen molar-refractivity contribution in [3.8, 4) is 0 Å². The lowest BCUT2D eigenvalue weighted by atomic mass is 9.95. The topological polar surface area (TPSA) is 363 Å². The smallest absolute Gasteiger partial charge is 0.187 e. The first-order chi connectivity index (χ1) is 24.8. The maximum atomic E-state index is 11.0. The second-order valence-corrected chi connectivity index (χ2v) is 13.2. The molecule has 20 atom stereocenters. The summed E-state index contributed by atoms with van der Waals surface area (Å²) in [6.45, 7) is -2.54. The van der Waals surface area contributed by atoms with Crippen molar-refractivity contribution in [2.45, 2.75) is 149 Å². The van der Waals surface area contributed by atoms with Crippen molar-refractivity contribution in [1.29, 1.82) is 0 Å². The van der Waals surface area contributed by atoms with Crippen molar-refractivity contribution in [2.75, 3.05) is 39.6 Å². The van der Waals surface area contributed by atoms with Crippen LogP contribution in [0.25, 0.3) is 0 Å². The van der Waals surface area contributed by atoms with Gasteiger partial charge in [0.15, 0.2) is 25.2 Å². The second-order valence-electron chi connectivity index (χ2n) is 13.2. The Morgan fingerprint density at radius 2 is 0.731 bits per heavy atom. The van der Waals surface area contributed by atoms with Crippen molar-refractivity contribution >= 4 is 0 Å². The van der Waals surface area contributed by atoms with E-state index in [1.54, 1.807) is 0 Å². The molecule has 22 heteroatoms. The first-order valence-electron chi connectivity index (χ1n) is 17.3. The van der Waals surface area contributed by atoms with Gasteiger partial charge >= 0.3 is 0 Å². The van der Waals surface area contributed by atoms with Gasteiger partial charge in [-0.15, -0.1) is 0 Å². The van der Waals surface area contributed by atoms with E-state index in [1.807, 2.05) is 0 Å². The molecule has 4 saturated heterocycles. The highest BCUT2D eigenvalue weighted by Crippen LogP contribution is 2.34. The largest absolute Gasteiger partial charge is 0.394 e. The zero-order valence-corrected chi connectivity index (χ0v) is 28.3. The number of aliphatic hydroxyl groups is 13. The van der Waals surface area contributed by atoms with Gasteiger partial charge in [-0.3, -0.25) is 0 Å². The van der Waals surface area contributed by atoms with Crippen LogP contribution in [0.4, 0.5) is 0 Å². The number of unbranched alkanes of at least 4 members (excludes halogenated alkanes) is 3. The monoisotopic (exact) mass is 765 g/mol. The molecular weight excluding hydrogens is 710 g/mol. The van der Waals surface area contributed by atoms with Crippen molar-refractivity contribution in [1.82, 2.24) is 0 Å². The molecule has 0 aromatic rings. The molecule has 0 spiro atoms. The summed E-state index contributed by atoms with van der Waals surface area (Å²) in [6, 6.07) is 0. The quantitative estimate of drug-likeness (QED) is 0.0611. The molecule has 4 fully saturated rings. The molecule has 4 aliphatic heterocycles. The molecule has 4 heterocycles. The molecule has 0 aromatic carbocycles. The summed E-state index contributed by atoms with van der Waals surface area (Å²) in [5.74, 6) is 0. The predicted octanol–water partition coefficient (Wildman–Crippen LogP) is -8.21. The van der Waals surface area contributed by atoms with Gasteiger partial charge in [-0.2, -0.15) is 0 Å². The zero-order chi connectivity index (χ0) is 38.3. The first kappa shape index (κ1) is 43.8. The van der Waals surface area contributed by atoms with Gasteiger partial charge in [-0.1, -0.05) is 12.8 Å². The Morgan fingerprint density at radius 3 is 1.13 bits per heavy atom. The molecule has 0 amide bonds. The van der Waals surface area contributed by atoms with Crippen LogP contribution in [0.5, 0.6) is 0 Å². The van der Waals surface area contributed by atoms with Gasteiger partial charge in [0.1, 0.15) is 97.7 Å². The van der Waals surface area contributed by atoms with Crippen LogP contribution in [0.2, 0.25) is 0 Å². The van der Waals surface area contributed by atoms with E-state index in [0.717, 1.165) is 19.3 Å². The van der Waals surface area contributed by atoms with Crippen LogP contribution in [-0.4, -0.2) is 229 Å². The number of aliphatic hydroxyl groups excluding tert-OH is 13. The van der Waals surface area contributed by atoms with E-state index < -0.39 is 149 Å². The van der Waals surface area contributed by atoms with Gasteiger partial charge in [0.2, 0.25) is 0 Å². The third kappa shape index (κ3) is 9.91. The van der Waals surface area contributed by atoms with Crippen LogP contribution in [0.15, 0.2) is 0 Å². The van der Waals surface area contributed by atoms with Crippen LogP contribution in [0, 0.1) is 0 Å². The van der Waals surface area contributed by atoms with E-state index in [-0.39, 0.29) is 6.61 Å². The fraction of sp³-hybridized carbons (Fsp3) is 1.00. The Kier molecular flexibility index (Phi) is 17.1. The second kappa shape index (κ2) is 20.3. The van der Waals surface area contributed by atoms with Gasteiger partial charge in [0.25, 0.3) is 0 Å². The van der Waals surface area contributed by atoms with Crippen LogP contribution in [0.3, 0.4) is 0 Å². The highest BCUT2D eigenvalue weighted by Gasteiger charge is 2.55. The number of hydrogen-bond donors (Lipinski definition) is 14. The Balaban J connectivity index is 1.37. The number of ether oxygens (including phenoxy) is 8. The highest BCUT2D eigenvalue weighted by atomic mass is 16.8. The maximum absolute atomic E-state index is 11.0. The number of rotatable bonds is 17. The summed E-state index contributed by atoms with van der Waals surface area (Å²) in [5.41, 5.74) is 5.48. The summed E-state index contributed by atoms with van der Waals surface area (Å²) in [6.07, 6.45) is -31.0. The Bertz CT molecular complexity index is 1030. The van der Waals surface area contributed by atoms with Crippen LogP contribution in [0.1, 0.15) is 25.7 Å². The van der Waals surface area contributed by atoms with E-state index in [9.17, 15) is 66.4 Å². The SMILES string of the molecule is NCCCCCCO[C@H]1OC(CO)[C@H](O[C@H]2OC(CO)[C@@H](O[C@@H]3OC(CO)[C@@H](O[C@H]4OC(CO)[C@H](O)[C@H](O)C4O)[C@H](O)C3O)[C@H](O)C2O)[C@H](O)C1O. The minimum atomic E-state index is -2.02. The lowest BCUT2D eigenvalue weighted by Gasteiger charge is -2.49. The molecule has 0 aromatic heterocycles. The van der Waals surface area contributed by atoms with Crippen molar-refractivity contribution < 1.29 is 104 Å². The fourth-order valence-electron chi connectivity index (χ4n) is 6.47. The standard InChI is InChI=1S/C30H55NO21/c31-5-3-1-2-4-6-45-27-21(42)17(38)24(12(8-33)47-27)51-29-23(44)19(40)26(14(10-35)49-29)52-30-22(43)18(39)25(13(9-34)48-30)50-28-20(41)16(37)15(36)11(7-32)46-28/h11-30,32-44H,1-10,31H2/t11?,12?,13?,14?,15-,16-,17+,18+,19+,20?,21?,22?,23?,24-,25+,26+,27-,28+,29+,30-/m0/s1. The number of hydrogen-bond acceptors (Lipinski definition) is 22. The van der Waals surface area contributed by atoms with E-state index in [0.29, 0.717) is 13.0 Å². The normalized spacial score (nSPS) is 47.4. The lowest BCUT2D eigenvalue weighted by molar-refractivity contribution is -0.388. The molecule has 306 valence electrons. The molecule has 4 aliphatic rings. The molecule has 0 bridgehead atoms. The lowest BCUT2D eigenvalue weighted by Crippen LogP contribution is -2.67. The van der Waals surface area contributed by atoms with Crippen molar-refractivity contribution in [3.63, 3.8) is 0 Å². The van der Waals surface area contributed by atoms with Crippen LogP contribution >= 0.6 is 0 Å². The van der Waals surface area contributed by atoms with Gasteiger partial charge in [-0.25, -0.2) is 0 Å². The molecule has 0 aliphatic carbocycles. The predicted molar refractivity (Wildman–Crippen MR) is 165 cm³/mol. The average molecular weight is 766 g/mol. The average Bonchev–Trinajstić information content (AvgIpc) is 3.14. The molecule has 4 rings (SSSR count). The zero-order valence-electron chi connectivity index (χ0n) is 28.3. The van der Waals surface area contributed by atoms with E-state index >= 15 is 0 Å². The summed E-state index contributed by atoms with van der Waals surface area (Å²) in [7, 11) is 0. The first-order valence-corrected chi connectivity index (χ1v) is 17.3. The summed E-state index contributed by atoms with van der Waals surface area (Å²) in [4.78, 5) is 0. The fourth-order valence-corrected chi connectivity index (χ4v) is 6.47. The Labute approximate surface area is 298 Å².